The Hall–Kier alpha value is -1.10. The fraction of sp³-hybridized carbons (Fsp3) is 0.429. The van der Waals surface area contributed by atoms with Crippen LogP contribution in [0.4, 0.5) is 8.78 Å². The van der Waals surface area contributed by atoms with Gasteiger partial charge in [0.25, 0.3) is 6.43 Å². The highest BCUT2D eigenvalue weighted by Gasteiger charge is 2.12. The van der Waals surface area contributed by atoms with E-state index in [-0.39, 0.29) is 11.5 Å². The van der Waals surface area contributed by atoms with Crippen molar-refractivity contribution in [2.24, 2.45) is 5.84 Å². The first-order valence-corrected chi connectivity index (χ1v) is 3.21. The predicted octanol–water partition coefficient (Wildman–Crippen LogP) is 1.10. The fourth-order valence-corrected chi connectivity index (χ4v) is 0.537. The molecule has 0 bridgehead atoms. The number of alkyl halides is 2. The summed E-state index contributed by atoms with van der Waals surface area (Å²) in [6.07, 6.45) is -2.50. The Kier molecular flexibility index (Phi) is 4.28. The van der Waals surface area contributed by atoms with Gasteiger partial charge < -0.3 is 9.75 Å². The molecule has 0 amide bonds. The lowest BCUT2D eigenvalue weighted by molar-refractivity contribution is 0.101. The zero-order valence-corrected chi connectivity index (χ0v) is 6.89. The number of halogens is 2. The number of rotatable bonds is 5. The van der Waals surface area contributed by atoms with Gasteiger partial charge in [0.15, 0.2) is 0 Å². The Labute approximate surface area is 70.1 Å². The number of nitrogens with zero attached hydrogens (tertiary/aromatic N) is 1. The van der Waals surface area contributed by atoms with Crippen LogP contribution >= 0.6 is 0 Å². The molecule has 5 heteroatoms. The second kappa shape index (κ2) is 4.71. The second-order valence-electron chi connectivity index (χ2n) is 2.12. The number of nitrogens with two attached hydrogens (primary N) is 1. The molecule has 0 aliphatic carbocycles. The maximum Gasteiger partial charge on any atom is 0.257 e. The molecule has 12 heavy (non-hydrogen) atoms. The zero-order chi connectivity index (χ0) is 9.72. The first-order valence-electron chi connectivity index (χ1n) is 3.21. The van der Waals surface area contributed by atoms with E-state index in [0.29, 0.717) is 0 Å². The predicted molar refractivity (Wildman–Crippen MR) is 42.2 cm³/mol. The molecular formula is C7H12F2N2O. The standard InChI is InChI=1S/C7H12F2N2O/c1-5(6(2)12-3)11(10)4-7(8)9/h7H,1-2,4,10H2,3H3. The number of methoxy groups -OCH3 is 1. The topological polar surface area (TPSA) is 38.5 Å². The first kappa shape index (κ1) is 10.9. The number of hydrazine groups is 1. The summed E-state index contributed by atoms with van der Waals surface area (Å²) in [5.74, 6) is 5.39. The van der Waals surface area contributed by atoms with Crippen LogP contribution < -0.4 is 5.84 Å². The third-order valence-electron chi connectivity index (χ3n) is 1.25. The lowest BCUT2D eigenvalue weighted by Gasteiger charge is -2.20. The molecule has 0 saturated carbocycles. The molecule has 0 aliphatic heterocycles. The molecule has 3 nitrogen and oxygen atoms in total. The van der Waals surface area contributed by atoms with Crippen LogP contribution in [0.25, 0.3) is 0 Å². The average Bonchev–Trinajstić information content (AvgIpc) is 2.00. The summed E-state index contributed by atoms with van der Waals surface area (Å²) in [4.78, 5) is 0. The van der Waals surface area contributed by atoms with Crippen LogP contribution in [0.5, 0.6) is 0 Å². The Morgan fingerprint density at radius 3 is 2.42 bits per heavy atom. The van der Waals surface area contributed by atoms with Gasteiger partial charge in [-0.3, -0.25) is 0 Å². The minimum atomic E-state index is -2.50. The molecule has 0 saturated heterocycles. The van der Waals surface area contributed by atoms with Crippen LogP contribution in [0.3, 0.4) is 0 Å². The molecule has 0 spiro atoms. The van der Waals surface area contributed by atoms with E-state index in [4.69, 9.17) is 5.84 Å². The molecular weight excluding hydrogens is 166 g/mol. The van der Waals surface area contributed by atoms with Crippen molar-refractivity contribution in [2.75, 3.05) is 13.7 Å². The van der Waals surface area contributed by atoms with Gasteiger partial charge in [0.05, 0.1) is 19.4 Å². The van der Waals surface area contributed by atoms with Crippen molar-refractivity contribution >= 4 is 0 Å². The summed E-state index contributed by atoms with van der Waals surface area (Å²) in [6.45, 7) is 6.25. The quantitative estimate of drug-likeness (QED) is 0.296. The van der Waals surface area contributed by atoms with Gasteiger partial charge in [-0.25, -0.2) is 14.6 Å². The first-order chi connectivity index (χ1) is 5.49. The Bertz CT molecular complexity index is 182. The van der Waals surface area contributed by atoms with Gasteiger partial charge in [-0.1, -0.05) is 13.2 Å². The average molecular weight is 178 g/mol. The van der Waals surface area contributed by atoms with Crippen molar-refractivity contribution in [2.45, 2.75) is 6.43 Å². The zero-order valence-electron chi connectivity index (χ0n) is 6.89. The van der Waals surface area contributed by atoms with Gasteiger partial charge in [-0.15, -0.1) is 0 Å². The molecule has 0 atom stereocenters. The van der Waals surface area contributed by atoms with Crippen molar-refractivity contribution < 1.29 is 13.5 Å². The van der Waals surface area contributed by atoms with E-state index in [1.165, 1.54) is 7.11 Å². The number of hydrogen-bond acceptors (Lipinski definition) is 3. The summed E-state index contributed by atoms with van der Waals surface area (Å²) in [5, 5.41) is 0.802. The van der Waals surface area contributed by atoms with Crippen molar-refractivity contribution in [3.05, 3.63) is 24.6 Å². The highest BCUT2D eigenvalue weighted by molar-refractivity contribution is 5.16. The minimum Gasteiger partial charge on any atom is -0.495 e. The molecule has 0 aromatic rings. The third-order valence-corrected chi connectivity index (χ3v) is 1.25. The summed E-state index contributed by atoms with van der Waals surface area (Å²) < 4.78 is 28.2. The molecule has 0 rings (SSSR count). The number of hydrogen-bond donors (Lipinski definition) is 1. The van der Waals surface area contributed by atoms with Crippen LogP contribution in [0.2, 0.25) is 0 Å². The monoisotopic (exact) mass is 178 g/mol. The molecule has 70 valence electrons. The minimum absolute atomic E-state index is 0.151. The molecule has 0 heterocycles. The molecule has 2 N–H and O–H groups in total. The maximum absolute atomic E-state index is 11.8. The van der Waals surface area contributed by atoms with E-state index < -0.39 is 13.0 Å². The lowest BCUT2D eigenvalue weighted by atomic mass is 10.4. The van der Waals surface area contributed by atoms with Crippen molar-refractivity contribution in [1.29, 1.82) is 0 Å². The van der Waals surface area contributed by atoms with Crippen molar-refractivity contribution in [3.8, 4) is 0 Å². The van der Waals surface area contributed by atoms with Gasteiger partial charge in [0.2, 0.25) is 0 Å². The van der Waals surface area contributed by atoms with Gasteiger partial charge in [0.1, 0.15) is 5.76 Å². The van der Waals surface area contributed by atoms with E-state index in [2.05, 4.69) is 17.9 Å². The van der Waals surface area contributed by atoms with E-state index in [1.807, 2.05) is 0 Å². The van der Waals surface area contributed by atoms with Crippen LogP contribution in [-0.2, 0) is 4.74 Å². The number of ether oxygens (including phenoxy) is 1. The lowest BCUT2D eigenvalue weighted by Crippen LogP contribution is -2.34. The van der Waals surface area contributed by atoms with Gasteiger partial charge >= 0.3 is 0 Å². The van der Waals surface area contributed by atoms with Crippen molar-refractivity contribution in [3.63, 3.8) is 0 Å². The van der Waals surface area contributed by atoms with Crippen LogP contribution in [-0.4, -0.2) is 25.1 Å². The van der Waals surface area contributed by atoms with E-state index in [9.17, 15) is 8.78 Å². The maximum atomic E-state index is 11.8. The molecule has 0 fully saturated rings. The Morgan fingerprint density at radius 2 is 2.08 bits per heavy atom. The normalized spacial score (nSPS) is 9.75. The highest BCUT2D eigenvalue weighted by atomic mass is 19.3. The van der Waals surface area contributed by atoms with E-state index in [0.717, 1.165) is 5.01 Å². The molecule has 0 aliphatic rings. The van der Waals surface area contributed by atoms with Gasteiger partial charge in [-0.05, 0) is 0 Å². The smallest absolute Gasteiger partial charge is 0.257 e. The molecule has 0 radical (unpaired) electrons. The Morgan fingerprint density at radius 1 is 1.58 bits per heavy atom. The van der Waals surface area contributed by atoms with Gasteiger partial charge in [0, 0.05) is 0 Å². The van der Waals surface area contributed by atoms with Crippen LogP contribution in [0.1, 0.15) is 0 Å². The van der Waals surface area contributed by atoms with Crippen LogP contribution in [0.15, 0.2) is 24.6 Å². The molecule has 0 unspecified atom stereocenters. The highest BCUT2D eigenvalue weighted by Crippen LogP contribution is 2.09. The third kappa shape index (κ3) is 3.34. The van der Waals surface area contributed by atoms with Gasteiger partial charge in [-0.2, -0.15) is 0 Å². The summed E-state index contributed by atoms with van der Waals surface area (Å²) >= 11 is 0. The van der Waals surface area contributed by atoms with E-state index >= 15 is 0 Å². The fourth-order valence-electron chi connectivity index (χ4n) is 0.537. The molecule has 0 aromatic heterocycles. The second-order valence-corrected chi connectivity index (χ2v) is 2.12. The van der Waals surface area contributed by atoms with Crippen molar-refractivity contribution in [1.82, 2.24) is 5.01 Å². The largest absolute Gasteiger partial charge is 0.495 e. The molecule has 0 aromatic carbocycles. The Balaban J connectivity index is 4.01. The van der Waals surface area contributed by atoms with Crippen LogP contribution in [0, 0.1) is 0 Å². The summed E-state index contributed by atoms with van der Waals surface area (Å²) in [5.41, 5.74) is 0.151. The van der Waals surface area contributed by atoms with E-state index in [1.54, 1.807) is 0 Å². The summed E-state index contributed by atoms with van der Waals surface area (Å²) in [6, 6.07) is 0. The summed E-state index contributed by atoms with van der Waals surface area (Å²) in [7, 11) is 1.36. The SMILES string of the molecule is C=C(OC)C(=C)N(N)CC(F)F.